The molecule has 0 bridgehead atoms. The van der Waals surface area contributed by atoms with Crippen LogP contribution in [0.15, 0.2) is 47.1 Å². The average molecular weight is 332 g/mol. The maximum absolute atomic E-state index is 9.24. The molecule has 0 aliphatic rings. The Bertz CT molecular complexity index is 722. The molecule has 3 rings (SSSR count). The molecule has 0 aliphatic heterocycles. The van der Waals surface area contributed by atoms with Gasteiger partial charge in [0.05, 0.1) is 0 Å². The van der Waals surface area contributed by atoms with Crippen molar-refractivity contribution < 1.29 is 5.11 Å². The van der Waals surface area contributed by atoms with Crippen LogP contribution in [0.25, 0.3) is 11.0 Å². The third-order valence-corrected chi connectivity index (χ3v) is 4.05. The molecule has 0 unspecified atom stereocenters. The van der Waals surface area contributed by atoms with Gasteiger partial charge in [0.2, 0.25) is 0 Å². The number of H-pyrrole nitrogens is 1. The number of nitrogens with one attached hydrogen (secondary N) is 2. The normalized spacial score (nSPS) is 11.1. The Morgan fingerprint density at radius 1 is 1.15 bits per heavy atom. The maximum atomic E-state index is 9.24. The molecule has 0 radical (unpaired) electrons. The molecule has 3 N–H and O–H groups in total. The first-order valence-corrected chi connectivity index (χ1v) is 7.13. The average Bonchev–Trinajstić information content (AvgIpc) is 2.78. The summed E-state index contributed by atoms with van der Waals surface area (Å²) >= 11 is 3.60. The van der Waals surface area contributed by atoms with Crippen LogP contribution in [0.5, 0.6) is 5.75 Å². The van der Waals surface area contributed by atoms with Crippen LogP contribution in [0.3, 0.4) is 0 Å². The summed E-state index contributed by atoms with van der Waals surface area (Å²) < 4.78 is 1.05. The fourth-order valence-corrected chi connectivity index (χ4v) is 2.67. The van der Waals surface area contributed by atoms with E-state index in [1.54, 1.807) is 18.3 Å². The minimum absolute atomic E-state index is 0.290. The van der Waals surface area contributed by atoms with E-state index in [1.165, 1.54) is 0 Å². The summed E-state index contributed by atoms with van der Waals surface area (Å²) in [5.74, 6) is 0.290. The molecule has 2 aromatic heterocycles. The van der Waals surface area contributed by atoms with E-state index < -0.39 is 0 Å². The lowest BCUT2D eigenvalue weighted by molar-refractivity contribution is 0.475. The zero-order chi connectivity index (χ0) is 13.9. The second-order valence-corrected chi connectivity index (χ2v) is 5.38. The lowest BCUT2D eigenvalue weighted by Crippen LogP contribution is -2.13. The fraction of sp³-hybridized carbons (Fsp3) is 0.133. The van der Waals surface area contributed by atoms with Gasteiger partial charge in [0, 0.05) is 34.8 Å². The highest BCUT2D eigenvalue weighted by Gasteiger charge is 2.08. The zero-order valence-corrected chi connectivity index (χ0v) is 12.3. The number of rotatable bonds is 4. The standard InChI is InChI=1S/C15H14BrN3O/c16-14-12-2-1-7-18-15(12)19-13(14)9-17-8-10-3-5-11(20)6-4-10/h1-7,17,20H,8-9H2,(H,18,19). The monoisotopic (exact) mass is 331 g/mol. The van der Waals surface area contributed by atoms with Crippen molar-refractivity contribution in [3.63, 3.8) is 0 Å². The molecule has 2 heterocycles. The van der Waals surface area contributed by atoms with E-state index in [0.29, 0.717) is 0 Å². The predicted octanol–water partition coefficient (Wildman–Crippen LogP) is 3.32. The third kappa shape index (κ3) is 2.69. The van der Waals surface area contributed by atoms with Gasteiger partial charge in [-0.1, -0.05) is 12.1 Å². The first kappa shape index (κ1) is 13.1. The fourth-order valence-electron chi connectivity index (χ4n) is 2.11. The Kier molecular flexibility index (Phi) is 3.71. The van der Waals surface area contributed by atoms with Crippen molar-refractivity contribution in [2.24, 2.45) is 0 Å². The Hall–Kier alpha value is -1.85. The number of aromatic hydroxyl groups is 1. The highest BCUT2D eigenvalue weighted by atomic mass is 79.9. The van der Waals surface area contributed by atoms with Gasteiger partial charge >= 0.3 is 0 Å². The van der Waals surface area contributed by atoms with E-state index in [-0.39, 0.29) is 5.75 Å². The van der Waals surface area contributed by atoms with Gasteiger partial charge in [-0.25, -0.2) is 4.98 Å². The number of benzene rings is 1. The molecule has 20 heavy (non-hydrogen) atoms. The predicted molar refractivity (Wildman–Crippen MR) is 82.4 cm³/mol. The molecule has 0 saturated carbocycles. The number of hydrogen-bond donors (Lipinski definition) is 3. The molecule has 102 valence electrons. The van der Waals surface area contributed by atoms with Gasteiger partial charge in [-0.05, 0) is 45.8 Å². The number of halogens is 1. The van der Waals surface area contributed by atoms with Crippen molar-refractivity contribution in [2.75, 3.05) is 0 Å². The Labute approximate surface area is 125 Å². The van der Waals surface area contributed by atoms with E-state index in [4.69, 9.17) is 0 Å². The summed E-state index contributed by atoms with van der Waals surface area (Å²) in [4.78, 5) is 7.60. The molecule has 0 aliphatic carbocycles. The van der Waals surface area contributed by atoms with Crippen molar-refractivity contribution in [1.82, 2.24) is 15.3 Å². The van der Waals surface area contributed by atoms with Crippen molar-refractivity contribution in [3.05, 3.63) is 58.3 Å². The van der Waals surface area contributed by atoms with Crippen LogP contribution in [0.4, 0.5) is 0 Å². The van der Waals surface area contributed by atoms with Crippen LogP contribution < -0.4 is 5.32 Å². The van der Waals surface area contributed by atoms with Gasteiger partial charge in [0.15, 0.2) is 0 Å². The van der Waals surface area contributed by atoms with Crippen LogP contribution in [0, 0.1) is 0 Å². The smallest absolute Gasteiger partial charge is 0.138 e. The molecular formula is C15H14BrN3O. The molecule has 0 fully saturated rings. The third-order valence-electron chi connectivity index (χ3n) is 3.15. The molecule has 0 atom stereocenters. The van der Waals surface area contributed by atoms with Crippen LogP contribution in [0.2, 0.25) is 0 Å². The van der Waals surface area contributed by atoms with Gasteiger partial charge in [0.1, 0.15) is 11.4 Å². The van der Waals surface area contributed by atoms with E-state index in [9.17, 15) is 5.11 Å². The van der Waals surface area contributed by atoms with Crippen LogP contribution in [-0.4, -0.2) is 15.1 Å². The van der Waals surface area contributed by atoms with E-state index in [0.717, 1.165) is 39.9 Å². The molecule has 0 amide bonds. The van der Waals surface area contributed by atoms with Gasteiger partial charge in [-0.2, -0.15) is 0 Å². The molecule has 1 aromatic carbocycles. The first-order valence-electron chi connectivity index (χ1n) is 6.34. The largest absolute Gasteiger partial charge is 0.508 e. The Morgan fingerprint density at radius 3 is 2.70 bits per heavy atom. The molecule has 4 nitrogen and oxygen atoms in total. The summed E-state index contributed by atoms with van der Waals surface area (Å²) in [6, 6.07) is 11.2. The number of fused-ring (bicyclic) bond motifs is 1. The second-order valence-electron chi connectivity index (χ2n) is 4.59. The highest BCUT2D eigenvalue weighted by molar-refractivity contribution is 9.10. The number of phenols is 1. The van der Waals surface area contributed by atoms with Gasteiger partial charge < -0.3 is 15.4 Å². The van der Waals surface area contributed by atoms with Crippen LogP contribution in [-0.2, 0) is 13.1 Å². The number of aromatic nitrogens is 2. The zero-order valence-electron chi connectivity index (χ0n) is 10.7. The van der Waals surface area contributed by atoms with Crippen molar-refractivity contribution >= 4 is 27.0 Å². The van der Waals surface area contributed by atoms with Crippen molar-refractivity contribution in [1.29, 1.82) is 0 Å². The molecule has 5 heteroatoms. The minimum Gasteiger partial charge on any atom is -0.508 e. The minimum atomic E-state index is 0.290. The van der Waals surface area contributed by atoms with E-state index in [2.05, 4.69) is 31.2 Å². The number of hydrogen-bond acceptors (Lipinski definition) is 3. The molecule has 3 aromatic rings. The Morgan fingerprint density at radius 2 is 1.95 bits per heavy atom. The summed E-state index contributed by atoms with van der Waals surface area (Å²) in [7, 11) is 0. The van der Waals surface area contributed by atoms with Gasteiger partial charge in [-0.3, -0.25) is 0 Å². The van der Waals surface area contributed by atoms with Crippen LogP contribution >= 0.6 is 15.9 Å². The van der Waals surface area contributed by atoms with Crippen molar-refractivity contribution in [3.8, 4) is 5.75 Å². The first-order chi connectivity index (χ1) is 9.74. The lowest BCUT2D eigenvalue weighted by Gasteiger charge is -2.04. The lowest BCUT2D eigenvalue weighted by atomic mass is 10.2. The molecule has 0 saturated heterocycles. The number of aromatic amines is 1. The number of pyridine rings is 1. The molecular weight excluding hydrogens is 318 g/mol. The number of phenolic OH excluding ortho intramolecular Hbond substituents is 1. The van der Waals surface area contributed by atoms with Crippen molar-refractivity contribution in [2.45, 2.75) is 13.1 Å². The summed E-state index contributed by atoms with van der Waals surface area (Å²) in [6.07, 6.45) is 1.78. The summed E-state index contributed by atoms with van der Waals surface area (Å²) in [5.41, 5.74) is 3.10. The summed E-state index contributed by atoms with van der Waals surface area (Å²) in [5, 5.41) is 13.7. The van der Waals surface area contributed by atoms with Crippen LogP contribution in [0.1, 0.15) is 11.3 Å². The maximum Gasteiger partial charge on any atom is 0.138 e. The topological polar surface area (TPSA) is 60.9 Å². The highest BCUT2D eigenvalue weighted by Crippen LogP contribution is 2.26. The van der Waals surface area contributed by atoms with Gasteiger partial charge in [0.25, 0.3) is 0 Å². The Balaban J connectivity index is 1.68. The quantitative estimate of drug-likeness (QED) is 0.687. The van der Waals surface area contributed by atoms with E-state index >= 15 is 0 Å². The SMILES string of the molecule is Oc1ccc(CNCc2[nH]c3ncccc3c2Br)cc1. The second kappa shape index (κ2) is 5.64. The van der Waals surface area contributed by atoms with E-state index in [1.807, 2.05) is 24.3 Å². The van der Waals surface area contributed by atoms with Gasteiger partial charge in [-0.15, -0.1) is 0 Å². The number of nitrogens with zero attached hydrogens (tertiary/aromatic N) is 1. The molecule has 0 spiro atoms. The summed E-state index contributed by atoms with van der Waals surface area (Å²) in [6.45, 7) is 1.47.